The summed E-state index contributed by atoms with van der Waals surface area (Å²) in [6.07, 6.45) is 0.665. The summed E-state index contributed by atoms with van der Waals surface area (Å²) in [4.78, 5) is 41.9. The Labute approximate surface area is 169 Å². The van der Waals surface area contributed by atoms with Crippen LogP contribution in [0.4, 0.5) is 5.69 Å². The first kappa shape index (κ1) is 18.9. The molecule has 2 heterocycles. The van der Waals surface area contributed by atoms with Crippen molar-refractivity contribution in [3.05, 3.63) is 79.2 Å². The van der Waals surface area contributed by atoms with E-state index in [1.165, 1.54) is 28.0 Å². The molecule has 0 aliphatic heterocycles. The topological polar surface area (TPSA) is 95.1 Å². The van der Waals surface area contributed by atoms with Gasteiger partial charge in [0.2, 0.25) is 5.43 Å². The first-order chi connectivity index (χ1) is 13.9. The number of fused-ring (bicyclic) bond motifs is 2. The van der Waals surface area contributed by atoms with Crippen LogP contribution in [0.1, 0.15) is 26.3 Å². The van der Waals surface area contributed by atoms with Crippen LogP contribution in [0.5, 0.6) is 0 Å². The van der Waals surface area contributed by atoms with Crippen LogP contribution in [0.2, 0.25) is 0 Å². The summed E-state index contributed by atoms with van der Waals surface area (Å²) < 4.78 is 2.28. The zero-order valence-corrected chi connectivity index (χ0v) is 16.6. The molecule has 4 aromatic rings. The molecule has 0 aliphatic carbocycles. The van der Waals surface area contributed by atoms with Crippen molar-refractivity contribution in [1.82, 2.24) is 9.55 Å². The maximum atomic E-state index is 13.4. The van der Waals surface area contributed by atoms with E-state index < -0.39 is 4.92 Å². The largest absolute Gasteiger partial charge is 0.289 e. The highest BCUT2D eigenvalue weighted by atomic mass is 32.1. The number of non-ortho nitro benzene ring substituents is 1. The van der Waals surface area contributed by atoms with Gasteiger partial charge in [-0.25, -0.2) is 4.98 Å². The summed E-state index contributed by atoms with van der Waals surface area (Å²) in [7, 11) is 0. The predicted molar refractivity (Wildman–Crippen MR) is 115 cm³/mol. The molecule has 1 atom stereocenters. The number of nitrogens with zero attached hydrogens (tertiary/aromatic N) is 3. The minimum Gasteiger partial charge on any atom is -0.289 e. The second-order valence-electron chi connectivity index (χ2n) is 6.78. The molecule has 0 radical (unpaired) electrons. The summed E-state index contributed by atoms with van der Waals surface area (Å²) in [6.45, 7) is 3.83. The smallest absolute Gasteiger partial charge is 0.269 e. The standard InChI is InChI=1S/C21H17N3O4S/c1-3-12(2)23-19(13-8-10-14(11-9-13)24(27)28)22-20-17(21(23)26)18(25)15-6-4-5-7-16(15)29-20/h4-12H,3H2,1-2H3/t12-/m1/s1. The van der Waals surface area contributed by atoms with Crippen molar-refractivity contribution in [2.24, 2.45) is 0 Å². The molecule has 2 aromatic carbocycles. The molecular formula is C21H17N3O4S. The van der Waals surface area contributed by atoms with Gasteiger partial charge in [0.1, 0.15) is 16.0 Å². The Bertz CT molecular complexity index is 1370. The van der Waals surface area contributed by atoms with Crippen molar-refractivity contribution in [2.45, 2.75) is 26.3 Å². The van der Waals surface area contributed by atoms with Gasteiger partial charge in [0.15, 0.2) is 0 Å². The van der Waals surface area contributed by atoms with Crippen LogP contribution in [0.3, 0.4) is 0 Å². The van der Waals surface area contributed by atoms with E-state index in [1.807, 2.05) is 26.0 Å². The summed E-state index contributed by atoms with van der Waals surface area (Å²) in [5.74, 6) is 0.401. The Morgan fingerprint density at radius 1 is 1.14 bits per heavy atom. The second kappa shape index (κ2) is 7.21. The van der Waals surface area contributed by atoms with Crippen LogP contribution in [-0.4, -0.2) is 14.5 Å². The highest BCUT2D eigenvalue weighted by Crippen LogP contribution is 2.27. The monoisotopic (exact) mass is 407 g/mol. The Kier molecular flexibility index (Phi) is 4.71. The van der Waals surface area contributed by atoms with E-state index in [0.717, 1.165) is 4.70 Å². The number of nitro benzene ring substituents is 1. The van der Waals surface area contributed by atoms with Crippen LogP contribution < -0.4 is 11.0 Å². The highest BCUT2D eigenvalue weighted by molar-refractivity contribution is 7.24. The number of rotatable bonds is 4. The van der Waals surface area contributed by atoms with Crippen LogP contribution in [-0.2, 0) is 0 Å². The maximum absolute atomic E-state index is 13.4. The molecule has 8 heteroatoms. The van der Waals surface area contributed by atoms with E-state index >= 15 is 0 Å². The normalized spacial score (nSPS) is 12.3. The van der Waals surface area contributed by atoms with Crippen molar-refractivity contribution in [2.75, 3.05) is 0 Å². The number of nitro groups is 1. The third-order valence-corrected chi connectivity index (χ3v) is 6.08. The van der Waals surface area contributed by atoms with Gasteiger partial charge in [-0.3, -0.25) is 24.3 Å². The lowest BCUT2D eigenvalue weighted by atomic mass is 10.1. The Morgan fingerprint density at radius 2 is 1.83 bits per heavy atom. The molecule has 0 spiro atoms. The van der Waals surface area contributed by atoms with E-state index in [2.05, 4.69) is 4.98 Å². The van der Waals surface area contributed by atoms with Crippen molar-refractivity contribution >= 4 is 37.3 Å². The van der Waals surface area contributed by atoms with Crippen LogP contribution in [0, 0.1) is 10.1 Å². The van der Waals surface area contributed by atoms with Gasteiger partial charge in [-0.15, -0.1) is 11.3 Å². The molecule has 146 valence electrons. The van der Waals surface area contributed by atoms with Gasteiger partial charge in [0, 0.05) is 33.8 Å². The summed E-state index contributed by atoms with van der Waals surface area (Å²) in [6, 6.07) is 12.9. The van der Waals surface area contributed by atoms with Gasteiger partial charge >= 0.3 is 0 Å². The zero-order valence-electron chi connectivity index (χ0n) is 15.8. The first-order valence-electron chi connectivity index (χ1n) is 9.15. The molecular weight excluding hydrogens is 390 g/mol. The molecule has 29 heavy (non-hydrogen) atoms. The third-order valence-electron chi connectivity index (χ3n) is 5.02. The predicted octanol–water partition coefficient (Wildman–Crippen LogP) is 4.52. The molecule has 0 aliphatic rings. The van der Waals surface area contributed by atoms with Gasteiger partial charge in [-0.1, -0.05) is 19.1 Å². The molecule has 0 fully saturated rings. The fraction of sp³-hybridized carbons (Fsp3) is 0.190. The van der Waals surface area contributed by atoms with Crippen molar-refractivity contribution in [1.29, 1.82) is 0 Å². The lowest BCUT2D eigenvalue weighted by molar-refractivity contribution is -0.384. The van der Waals surface area contributed by atoms with Crippen molar-refractivity contribution in [3.63, 3.8) is 0 Å². The number of aromatic nitrogens is 2. The summed E-state index contributed by atoms with van der Waals surface area (Å²) in [5, 5.41) is 11.5. The SMILES string of the molecule is CC[C@@H](C)n1c(-c2ccc([N+](=O)[O-])cc2)nc2sc3ccccc3c(=O)c2c1=O. The van der Waals surface area contributed by atoms with Crippen molar-refractivity contribution in [3.8, 4) is 11.4 Å². The van der Waals surface area contributed by atoms with E-state index in [4.69, 9.17) is 0 Å². The number of benzene rings is 2. The summed E-state index contributed by atoms with van der Waals surface area (Å²) >= 11 is 1.29. The van der Waals surface area contributed by atoms with Gasteiger partial charge in [-0.05, 0) is 37.6 Å². The van der Waals surface area contributed by atoms with Gasteiger partial charge in [-0.2, -0.15) is 0 Å². The average molecular weight is 407 g/mol. The second-order valence-corrected chi connectivity index (χ2v) is 7.81. The molecule has 0 saturated carbocycles. The molecule has 2 aromatic heterocycles. The lowest BCUT2D eigenvalue weighted by Crippen LogP contribution is -2.29. The minimum atomic E-state index is -0.475. The van der Waals surface area contributed by atoms with Crippen LogP contribution in [0.15, 0.2) is 58.1 Å². The van der Waals surface area contributed by atoms with Crippen LogP contribution in [0.25, 0.3) is 31.7 Å². The quantitative estimate of drug-likeness (QED) is 0.282. The van der Waals surface area contributed by atoms with E-state index in [9.17, 15) is 19.7 Å². The Hall–Kier alpha value is -3.39. The molecule has 0 N–H and O–H groups in total. The summed E-state index contributed by atoms with van der Waals surface area (Å²) in [5.41, 5.74) is -0.158. The van der Waals surface area contributed by atoms with Gasteiger partial charge in [0.05, 0.1) is 4.92 Å². The molecule has 0 amide bonds. The van der Waals surface area contributed by atoms with Crippen molar-refractivity contribution < 1.29 is 4.92 Å². The molecule has 0 saturated heterocycles. The van der Waals surface area contributed by atoms with Gasteiger partial charge in [0.25, 0.3) is 11.2 Å². The van der Waals surface area contributed by atoms with E-state index in [0.29, 0.717) is 28.0 Å². The van der Waals surface area contributed by atoms with E-state index in [-0.39, 0.29) is 28.1 Å². The molecule has 4 rings (SSSR count). The fourth-order valence-corrected chi connectivity index (χ4v) is 4.33. The fourth-order valence-electron chi connectivity index (χ4n) is 3.29. The third kappa shape index (κ3) is 3.11. The highest BCUT2D eigenvalue weighted by Gasteiger charge is 2.20. The average Bonchev–Trinajstić information content (AvgIpc) is 2.73. The van der Waals surface area contributed by atoms with Crippen LogP contribution >= 0.6 is 11.3 Å². The maximum Gasteiger partial charge on any atom is 0.269 e. The Morgan fingerprint density at radius 3 is 2.48 bits per heavy atom. The number of hydrogen-bond donors (Lipinski definition) is 0. The molecule has 0 bridgehead atoms. The molecule has 0 unspecified atom stereocenters. The van der Waals surface area contributed by atoms with E-state index in [1.54, 1.807) is 24.3 Å². The first-order valence-corrected chi connectivity index (χ1v) is 9.97. The lowest BCUT2D eigenvalue weighted by Gasteiger charge is -2.18. The number of hydrogen-bond acceptors (Lipinski definition) is 6. The minimum absolute atomic E-state index is 0.0392. The molecule has 7 nitrogen and oxygen atoms in total. The zero-order chi connectivity index (χ0) is 20.7. The Balaban J connectivity index is 2.10. The van der Waals surface area contributed by atoms with Gasteiger partial charge < -0.3 is 0 Å².